The lowest BCUT2D eigenvalue weighted by atomic mass is 10.1. The molecule has 0 saturated carbocycles. The first-order chi connectivity index (χ1) is 12.5. The summed E-state index contributed by atoms with van der Waals surface area (Å²) in [6, 6.07) is 6.99. The Morgan fingerprint density at radius 3 is 2.69 bits per heavy atom. The molecule has 1 saturated heterocycles. The third kappa shape index (κ3) is 5.39. The Kier molecular flexibility index (Phi) is 6.86. The number of furan rings is 1. The fourth-order valence-electron chi connectivity index (χ4n) is 2.85. The molecule has 8 heteroatoms. The Morgan fingerprint density at radius 2 is 2.04 bits per heavy atom. The zero-order valence-corrected chi connectivity index (χ0v) is 17.1. The number of nitrogens with zero attached hydrogens (tertiary/aromatic N) is 1. The highest BCUT2D eigenvalue weighted by atomic mass is 79.9. The lowest BCUT2D eigenvalue weighted by molar-refractivity contribution is 0.0905. The Labute approximate surface area is 170 Å². The van der Waals surface area contributed by atoms with E-state index in [4.69, 9.17) is 32.4 Å². The molecule has 1 aliphatic rings. The average molecular weight is 462 g/mol. The molecule has 1 amide bonds. The minimum absolute atomic E-state index is 0.128. The third-order valence-corrected chi connectivity index (χ3v) is 5.43. The molecule has 1 fully saturated rings. The molecule has 2 aromatic rings. The highest BCUT2D eigenvalue weighted by molar-refractivity contribution is 9.10. The molecule has 1 aromatic heterocycles. The van der Waals surface area contributed by atoms with Crippen molar-refractivity contribution in [1.29, 1.82) is 0 Å². The van der Waals surface area contributed by atoms with Crippen LogP contribution < -0.4 is 10.1 Å². The van der Waals surface area contributed by atoms with Crippen LogP contribution in [0.25, 0.3) is 0 Å². The standard InChI is InChI=1S/C18H19BrCl2N2O3/c19-17-9-12(11-25-17)18(24)22-5-8-23-6-3-13(4-7-23)26-14-1-2-15(20)16(21)10-14/h1-2,9-11,13H,3-8H2,(H,22,24). The van der Waals surface area contributed by atoms with Crippen LogP contribution in [-0.2, 0) is 0 Å². The van der Waals surface area contributed by atoms with Gasteiger partial charge in [0.2, 0.25) is 0 Å². The van der Waals surface area contributed by atoms with Gasteiger partial charge in [-0.25, -0.2) is 0 Å². The second kappa shape index (κ2) is 9.13. The van der Waals surface area contributed by atoms with Crippen molar-refractivity contribution in [2.45, 2.75) is 18.9 Å². The number of hydrogen-bond donors (Lipinski definition) is 1. The smallest absolute Gasteiger partial charge is 0.254 e. The average Bonchev–Trinajstić information content (AvgIpc) is 3.06. The summed E-state index contributed by atoms with van der Waals surface area (Å²) in [4.78, 5) is 14.3. The lowest BCUT2D eigenvalue weighted by Crippen LogP contribution is -2.42. The summed E-state index contributed by atoms with van der Waals surface area (Å²) in [5.41, 5.74) is 0.519. The van der Waals surface area contributed by atoms with Crippen molar-refractivity contribution in [2.75, 3.05) is 26.2 Å². The first-order valence-corrected chi connectivity index (χ1v) is 9.92. The minimum Gasteiger partial charge on any atom is -0.490 e. The van der Waals surface area contributed by atoms with Crippen molar-refractivity contribution in [3.8, 4) is 5.75 Å². The van der Waals surface area contributed by atoms with Gasteiger partial charge in [-0.2, -0.15) is 0 Å². The molecule has 1 aromatic carbocycles. The molecular weight excluding hydrogens is 443 g/mol. The Bertz CT molecular complexity index is 761. The van der Waals surface area contributed by atoms with Crippen LogP contribution in [0.1, 0.15) is 23.2 Å². The third-order valence-electron chi connectivity index (χ3n) is 4.27. The number of piperidine rings is 1. The van der Waals surface area contributed by atoms with Crippen molar-refractivity contribution in [2.24, 2.45) is 0 Å². The van der Waals surface area contributed by atoms with E-state index in [1.54, 1.807) is 18.2 Å². The minimum atomic E-state index is -0.128. The molecule has 0 spiro atoms. The zero-order chi connectivity index (χ0) is 18.5. The van der Waals surface area contributed by atoms with Gasteiger partial charge in [0.1, 0.15) is 18.1 Å². The van der Waals surface area contributed by atoms with E-state index in [2.05, 4.69) is 26.1 Å². The van der Waals surface area contributed by atoms with E-state index < -0.39 is 0 Å². The second-order valence-corrected chi connectivity index (χ2v) is 7.73. The van der Waals surface area contributed by atoms with Crippen LogP contribution in [0.5, 0.6) is 5.75 Å². The van der Waals surface area contributed by atoms with Crippen molar-refractivity contribution in [3.63, 3.8) is 0 Å². The number of hydrogen-bond acceptors (Lipinski definition) is 4. The zero-order valence-electron chi connectivity index (χ0n) is 14.0. The van der Waals surface area contributed by atoms with Gasteiger partial charge in [0.15, 0.2) is 4.67 Å². The summed E-state index contributed by atoms with van der Waals surface area (Å²) in [6.07, 6.45) is 3.47. The molecule has 26 heavy (non-hydrogen) atoms. The van der Waals surface area contributed by atoms with Crippen LogP contribution in [0.4, 0.5) is 0 Å². The normalized spacial score (nSPS) is 15.8. The van der Waals surface area contributed by atoms with Crippen LogP contribution in [0.3, 0.4) is 0 Å². The number of carbonyl (C=O) groups is 1. The maximum absolute atomic E-state index is 12.0. The molecular formula is C18H19BrCl2N2O3. The van der Waals surface area contributed by atoms with Gasteiger partial charge in [-0.1, -0.05) is 23.2 Å². The van der Waals surface area contributed by atoms with Gasteiger partial charge in [0.25, 0.3) is 5.91 Å². The van der Waals surface area contributed by atoms with E-state index in [1.165, 1.54) is 6.26 Å². The molecule has 3 rings (SSSR count). The van der Waals surface area contributed by atoms with Gasteiger partial charge in [-0.05, 0) is 40.9 Å². The maximum atomic E-state index is 12.0. The van der Waals surface area contributed by atoms with Crippen molar-refractivity contribution in [1.82, 2.24) is 10.2 Å². The van der Waals surface area contributed by atoms with Crippen molar-refractivity contribution < 1.29 is 13.9 Å². The SMILES string of the molecule is O=C(NCCN1CCC(Oc2ccc(Cl)c(Cl)c2)CC1)c1coc(Br)c1. The Balaban J connectivity index is 1.37. The highest BCUT2D eigenvalue weighted by Gasteiger charge is 2.20. The van der Waals surface area contributed by atoms with Crippen molar-refractivity contribution >= 4 is 45.0 Å². The Hall–Kier alpha value is -1.21. The molecule has 1 N–H and O–H groups in total. The first kappa shape index (κ1) is 19.5. The summed E-state index contributed by atoms with van der Waals surface area (Å²) in [6.45, 7) is 3.27. The summed E-state index contributed by atoms with van der Waals surface area (Å²) in [5, 5.41) is 3.93. The van der Waals surface area contributed by atoms with E-state index >= 15 is 0 Å². The number of ether oxygens (including phenoxy) is 1. The van der Waals surface area contributed by atoms with Crippen LogP contribution in [0.2, 0.25) is 10.0 Å². The highest BCUT2D eigenvalue weighted by Crippen LogP contribution is 2.28. The monoisotopic (exact) mass is 460 g/mol. The van der Waals surface area contributed by atoms with Crippen molar-refractivity contribution in [3.05, 3.63) is 50.8 Å². The van der Waals surface area contributed by atoms with Gasteiger partial charge in [0, 0.05) is 38.3 Å². The van der Waals surface area contributed by atoms with Gasteiger partial charge in [-0.15, -0.1) is 0 Å². The summed E-state index contributed by atoms with van der Waals surface area (Å²) >= 11 is 15.1. The fraction of sp³-hybridized carbons (Fsp3) is 0.389. The number of amides is 1. The van der Waals surface area contributed by atoms with Gasteiger partial charge < -0.3 is 19.4 Å². The second-order valence-electron chi connectivity index (χ2n) is 6.13. The van der Waals surface area contributed by atoms with Crippen LogP contribution in [0, 0.1) is 0 Å². The van der Waals surface area contributed by atoms with Gasteiger partial charge in [0.05, 0.1) is 15.6 Å². The maximum Gasteiger partial charge on any atom is 0.254 e. The van der Waals surface area contributed by atoms with E-state index in [0.717, 1.165) is 38.2 Å². The molecule has 0 atom stereocenters. The molecule has 1 aliphatic heterocycles. The first-order valence-electron chi connectivity index (χ1n) is 8.37. The van der Waals surface area contributed by atoms with E-state index in [-0.39, 0.29) is 12.0 Å². The lowest BCUT2D eigenvalue weighted by Gasteiger charge is -2.32. The Morgan fingerprint density at radius 1 is 1.27 bits per heavy atom. The molecule has 140 valence electrons. The molecule has 0 radical (unpaired) electrons. The molecule has 2 heterocycles. The number of rotatable bonds is 6. The topological polar surface area (TPSA) is 54.7 Å². The van der Waals surface area contributed by atoms with E-state index in [9.17, 15) is 4.79 Å². The number of halogens is 3. The van der Waals surface area contributed by atoms with E-state index in [1.807, 2.05) is 6.07 Å². The molecule has 0 unspecified atom stereocenters. The van der Waals surface area contributed by atoms with Gasteiger partial charge in [-0.3, -0.25) is 4.79 Å². The number of carbonyl (C=O) groups excluding carboxylic acids is 1. The number of likely N-dealkylation sites (tertiary alicyclic amines) is 1. The van der Waals surface area contributed by atoms with Gasteiger partial charge >= 0.3 is 0 Å². The summed E-state index contributed by atoms with van der Waals surface area (Å²) < 4.78 is 11.6. The summed E-state index contributed by atoms with van der Waals surface area (Å²) in [7, 11) is 0. The quantitative estimate of drug-likeness (QED) is 0.681. The van der Waals surface area contributed by atoms with Crippen LogP contribution in [0.15, 0.2) is 39.6 Å². The van der Waals surface area contributed by atoms with Crippen LogP contribution in [-0.4, -0.2) is 43.1 Å². The largest absolute Gasteiger partial charge is 0.490 e. The van der Waals surface area contributed by atoms with E-state index in [0.29, 0.717) is 26.8 Å². The predicted octanol–water partition coefficient (Wildman–Crippen LogP) is 4.62. The summed E-state index contributed by atoms with van der Waals surface area (Å²) in [5.74, 6) is 0.619. The predicted molar refractivity (Wildman–Crippen MR) is 105 cm³/mol. The number of nitrogens with one attached hydrogen (secondary N) is 1. The molecule has 0 bridgehead atoms. The van der Waals surface area contributed by atoms with Crippen LogP contribution >= 0.6 is 39.1 Å². The molecule has 5 nitrogen and oxygen atoms in total. The molecule has 0 aliphatic carbocycles. The number of benzene rings is 1. The fourth-order valence-corrected chi connectivity index (χ4v) is 3.48.